The molecule has 19 heavy (non-hydrogen) atoms. The SMILES string of the molecule is CC(C)CC(C)Nc1ccc(N2CCNC2=O)cc1. The number of rotatable bonds is 5. The van der Waals surface area contributed by atoms with E-state index in [9.17, 15) is 4.79 Å². The van der Waals surface area contributed by atoms with Gasteiger partial charge in [-0.3, -0.25) is 4.90 Å². The summed E-state index contributed by atoms with van der Waals surface area (Å²) in [5.41, 5.74) is 2.06. The Kier molecular flexibility index (Phi) is 4.30. The summed E-state index contributed by atoms with van der Waals surface area (Å²) in [5, 5.41) is 6.29. The maximum atomic E-state index is 11.6. The Hall–Kier alpha value is -1.71. The molecule has 104 valence electrons. The highest BCUT2D eigenvalue weighted by Crippen LogP contribution is 2.20. The number of anilines is 2. The average molecular weight is 261 g/mol. The van der Waals surface area contributed by atoms with E-state index < -0.39 is 0 Å². The van der Waals surface area contributed by atoms with Gasteiger partial charge in [-0.15, -0.1) is 0 Å². The first kappa shape index (κ1) is 13.7. The number of amides is 2. The van der Waals surface area contributed by atoms with Gasteiger partial charge in [0, 0.05) is 30.5 Å². The third kappa shape index (κ3) is 3.63. The largest absolute Gasteiger partial charge is 0.383 e. The number of urea groups is 1. The van der Waals surface area contributed by atoms with Crippen LogP contribution in [0.3, 0.4) is 0 Å². The van der Waals surface area contributed by atoms with Crippen LogP contribution in [0, 0.1) is 5.92 Å². The lowest BCUT2D eigenvalue weighted by Gasteiger charge is -2.19. The fourth-order valence-electron chi connectivity index (χ4n) is 2.51. The van der Waals surface area contributed by atoms with Gasteiger partial charge in [0.15, 0.2) is 0 Å². The number of hydrogen-bond donors (Lipinski definition) is 2. The summed E-state index contributed by atoms with van der Waals surface area (Å²) in [4.78, 5) is 13.3. The molecule has 2 amide bonds. The van der Waals surface area contributed by atoms with Gasteiger partial charge < -0.3 is 10.6 Å². The number of nitrogens with zero attached hydrogens (tertiary/aromatic N) is 1. The van der Waals surface area contributed by atoms with Gasteiger partial charge in [0.2, 0.25) is 0 Å². The molecule has 0 saturated carbocycles. The molecule has 2 rings (SSSR count). The van der Waals surface area contributed by atoms with Crippen LogP contribution >= 0.6 is 0 Å². The number of hydrogen-bond acceptors (Lipinski definition) is 2. The van der Waals surface area contributed by atoms with Crippen molar-refractivity contribution in [2.75, 3.05) is 23.3 Å². The van der Waals surface area contributed by atoms with E-state index in [1.807, 2.05) is 24.3 Å². The van der Waals surface area contributed by atoms with Crippen LogP contribution in [-0.2, 0) is 0 Å². The Morgan fingerprint density at radius 3 is 2.47 bits per heavy atom. The normalized spacial score (nSPS) is 16.6. The van der Waals surface area contributed by atoms with Crippen molar-refractivity contribution in [1.29, 1.82) is 0 Å². The van der Waals surface area contributed by atoms with E-state index in [0.29, 0.717) is 12.0 Å². The fraction of sp³-hybridized carbons (Fsp3) is 0.533. The Morgan fingerprint density at radius 1 is 1.26 bits per heavy atom. The molecule has 0 radical (unpaired) electrons. The predicted molar refractivity (Wildman–Crippen MR) is 79.7 cm³/mol. The van der Waals surface area contributed by atoms with Crippen molar-refractivity contribution in [3.63, 3.8) is 0 Å². The van der Waals surface area contributed by atoms with E-state index >= 15 is 0 Å². The van der Waals surface area contributed by atoms with Gasteiger partial charge in [-0.1, -0.05) is 13.8 Å². The maximum Gasteiger partial charge on any atom is 0.321 e. The van der Waals surface area contributed by atoms with E-state index in [1.165, 1.54) is 0 Å². The van der Waals surface area contributed by atoms with Gasteiger partial charge in [0.1, 0.15) is 0 Å². The Bertz CT molecular complexity index is 428. The third-order valence-corrected chi connectivity index (χ3v) is 3.27. The van der Waals surface area contributed by atoms with Gasteiger partial charge in [0.25, 0.3) is 0 Å². The van der Waals surface area contributed by atoms with Crippen LogP contribution in [-0.4, -0.2) is 25.2 Å². The zero-order valence-corrected chi connectivity index (χ0v) is 11.9. The van der Waals surface area contributed by atoms with E-state index in [0.717, 1.165) is 30.9 Å². The highest BCUT2D eigenvalue weighted by Gasteiger charge is 2.20. The number of benzene rings is 1. The fourth-order valence-corrected chi connectivity index (χ4v) is 2.51. The molecule has 0 aromatic heterocycles. The monoisotopic (exact) mass is 261 g/mol. The van der Waals surface area contributed by atoms with Gasteiger partial charge in [-0.25, -0.2) is 4.79 Å². The zero-order chi connectivity index (χ0) is 13.8. The molecule has 1 aliphatic heterocycles. The topological polar surface area (TPSA) is 44.4 Å². The van der Waals surface area contributed by atoms with Gasteiger partial charge in [0.05, 0.1) is 0 Å². The average Bonchev–Trinajstić information content (AvgIpc) is 2.75. The Morgan fingerprint density at radius 2 is 1.95 bits per heavy atom. The molecule has 4 nitrogen and oxygen atoms in total. The summed E-state index contributed by atoms with van der Waals surface area (Å²) in [5.74, 6) is 0.690. The van der Waals surface area contributed by atoms with Crippen molar-refractivity contribution in [3.05, 3.63) is 24.3 Å². The Labute approximate surface area is 115 Å². The molecule has 0 aliphatic carbocycles. The van der Waals surface area contributed by atoms with Crippen LogP contribution in [0.5, 0.6) is 0 Å². The molecule has 0 bridgehead atoms. The number of carbonyl (C=O) groups excluding carboxylic acids is 1. The molecule has 1 heterocycles. The van der Waals surface area contributed by atoms with Crippen LogP contribution in [0.1, 0.15) is 27.2 Å². The maximum absolute atomic E-state index is 11.6. The third-order valence-electron chi connectivity index (χ3n) is 3.27. The second kappa shape index (κ2) is 5.95. The predicted octanol–water partition coefficient (Wildman–Crippen LogP) is 3.06. The van der Waals surface area contributed by atoms with Crippen molar-refractivity contribution in [1.82, 2.24) is 5.32 Å². The lowest BCUT2D eigenvalue weighted by Crippen LogP contribution is -2.27. The quantitative estimate of drug-likeness (QED) is 0.855. The Balaban J connectivity index is 1.96. The number of nitrogens with one attached hydrogen (secondary N) is 2. The molecule has 1 saturated heterocycles. The summed E-state index contributed by atoms with van der Waals surface area (Å²) in [6.45, 7) is 8.13. The smallest absolute Gasteiger partial charge is 0.321 e. The molecular weight excluding hydrogens is 238 g/mol. The highest BCUT2D eigenvalue weighted by molar-refractivity contribution is 5.94. The summed E-state index contributed by atoms with van der Waals surface area (Å²) in [7, 11) is 0. The summed E-state index contributed by atoms with van der Waals surface area (Å²) in [6.07, 6.45) is 1.15. The second-order valence-corrected chi connectivity index (χ2v) is 5.61. The van der Waals surface area contributed by atoms with Crippen LogP contribution in [0.4, 0.5) is 16.2 Å². The highest BCUT2D eigenvalue weighted by atomic mass is 16.2. The van der Waals surface area contributed by atoms with Gasteiger partial charge >= 0.3 is 6.03 Å². The van der Waals surface area contributed by atoms with E-state index in [4.69, 9.17) is 0 Å². The number of carbonyl (C=O) groups is 1. The molecular formula is C15H23N3O. The van der Waals surface area contributed by atoms with Crippen molar-refractivity contribution in [3.8, 4) is 0 Å². The molecule has 1 aromatic rings. The van der Waals surface area contributed by atoms with Crippen LogP contribution in [0.15, 0.2) is 24.3 Å². The summed E-state index contributed by atoms with van der Waals surface area (Å²) < 4.78 is 0. The lowest BCUT2D eigenvalue weighted by atomic mass is 10.1. The van der Waals surface area contributed by atoms with E-state index in [-0.39, 0.29) is 6.03 Å². The molecule has 1 fully saturated rings. The molecule has 1 atom stereocenters. The molecule has 0 spiro atoms. The minimum Gasteiger partial charge on any atom is -0.383 e. The summed E-state index contributed by atoms with van der Waals surface area (Å²) in [6, 6.07) is 8.52. The first-order chi connectivity index (χ1) is 9.06. The first-order valence-electron chi connectivity index (χ1n) is 6.98. The minimum atomic E-state index is -0.00566. The standard InChI is InChI=1S/C15H23N3O/c1-11(2)10-12(3)17-13-4-6-14(7-5-13)18-9-8-16-15(18)19/h4-7,11-12,17H,8-10H2,1-3H3,(H,16,19). The molecule has 4 heteroatoms. The lowest BCUT2D eigenvalue weighted by molar-refractivity contribution is 0.252. The molecule has 2 N–H and O–H groups in total. The van der Waals surface area contributed by atoms with Crippen molar-refractivity contribution in [2.24, 2.45) is 5.92 Å². The van der Waals surface area contributed by atoms with Crippen LogP contribution in [0.2, 0.25) is 0 Å². The zero-order valence-electron chi connectivity index (χ0n) is 11.9. The first-order valence-corrected chi connectivity index (χ1v) is 6.98. The molecule has 1 aliphatic rings. The molecule has 1 aromatic carbocycles. The van der Waals surface area contributed by atoms with E-state index in [1.54, 1.807) is 4.90 Å². The van der Waals surface area contributed by atoms with Crippen LogP contribution in [0.25, 0.3) is 0 Å². The van der Waals surface area contributed by atoms with E-state index in [2.05, 4.69) is 31.4 Å². The summed E-state index contributed by atoms with van der Waals surface area (Å²) >= 11 is 0. The van der Waals surface area contributed by atoms with Crippen molar-refractivity contribution in [2.45, 2.75) is 33.2 Å². The van der Waals surface area contributed by atoms with Crippen molar-refractivity contribution >= 4 is 17.4 Å². The minimum absolute atomic E-state index is 0.00566. The molecule has 1 unspecified atom stereocenters. The second-order valence-electron chi connectivity index (χ2n) is 5.61. The van der Waals surface area contributed by atoms with Gasteiger partial charge in [-0.05, 0) is 43.5 Å². The van der Waals surface area contributed by atoms with Gasteiger partial charge in [-0.2, -0.15) is 0 Å². The van der Waals surface area contributed by atoms with Crippen LogP contribution < -0.4 is 15.5 Å². The van der Waals surface area contributed by atoms with Crippen molar-refractivity contribution < 1.29 is 4.79 Å².